The number of aromatic nitrogens is 2. The molecule has 1 aromatic heterocycles. The topological polar surface area (TPSA) is 56.1 Å². The molecule has 0 saturated carbocycles. The van der Waals surface area contributed by atoms with E-state index in [4.69, 9.17) is 4.74 Å². The van der Waals surface area contributed by atoms with E-state index in [9.17, 15) is 18.0 Å². The molecular formula is C24H24F3N3O2. The summed E-state index contributed by atoms with van der Waals surface area (Å²) in [5, 5.41) is 7.03. The summed E-state index contributed by atoms with van der Waals surface area (Å²) >= 11 is 0. The van der Waals surface area contributed by atoms with E-state index in [1.54, 1.807) is 36.4 Å². The number of halogens is 3. The summed E-state index contributed by atoms with van der Waals surface area (Å²) in [7, 11) is 1.34. The smallest absolute Gasteiger partial charge is 0.419 e. The Hall–Kier alpha value is -3.55. The van der Waals surface area contributed by atoms with E-state index in [0.717, 1.165) is 35.6 Å². The van der Waals surface area contributed by atoms with Crippen molar-refractivity contribution in [2.75, 3.05) is 12.4 Å². The number of carbonyl (C=O) groups excluding carboxylic acids is 1. The van der Waals surface area contributed by atoms with Gasteiger partial charge in [-0.25, -0.2) is 9.48 Å². The molecule has 2 aromatic carbocycles. The van der Waals surface area contributed by atoms with Gasteiger partial charge < -0.3 is 10.1 Å². The lowest BCUT2D eigenvalue weighted by molar-refractivity contribution is -0.137. The quantitative estimate of drug-likeness (QED) is 0.443. The molecule has 0 radical (unpaired) electrons. The Bertz CT molecular complexity index is 1080. The van der Waals surface area contributed by atoms with Crippen molar-refractivity contribution in [3.05, 3.63) is 83.8 Å². The van der Waals surface area contributed by atoms with Crippen molar-refractivity contribution in [3.63, 3.8) is 0 Å². The molecule has 0 unspecified atom stereocenters. The van der Waals surface area contributed by atoms with Crippen molar-refractivity contribution in [2.24, 2.45) is 5.92 Å². The standard InChI is InChI=1S/C24H24F3N3O2/c1-16(2)12-19(17-4-6-18(7-5-17)23(31)32-3)13-28-21-8-10-22(11-9-21)30-15-20(14-29-30)24(25,26)27/h4-11,13-16,28H,12H2,1-3H3/b19-13-. The number of carbonyl (C=O) groups is 1. The summed E-state index contributed by atoms with van der Waals surface area (Å²) < 4.78 is 44.3. The van der Waals surface area contributed by atoms with Gasteiger partial charge in [0, 0.05) is 18.1 Å². The van der Waals surface area contributed by atoms with Gasteiger partial charge in [0.25, 0.3) is 0 Å². The number of rotatable bonds is 7. The van der Waals surface area contributed by atoms with E-state index in [-0.39, 0.29) is 5.97 Å². The second kappa shape index (κ2) is 9.72. The third-order valence-electron chi connectivity index (χ3n) is 4.76. The first-order valence-electron chi connectivity index (χ1n) is 10.0. The van der Waals surface area contributed by atoms with Crippen molar-refractivity contribution in [1.82, 2.24) is 9.78 Å². The minimum absolute atomic E-state index is 0.385. The number of hydrogen-bond acceptors (Lipinski definition) is 4. The van der Waals surface area contributed by atoms with E-state index >= 15 is 0 Å². The monoisotopic (exact) mass is 443 g/mol. The number of hydrogen-bond donors (Lipinski definition) is 1. The van der Waals surface area contributed by atoms with Gasteiger partial charge >= 0.3 is 12.1 Å². The molecule has 0 aliphatic rings. The molecule has 0 bridgehead atoms. The Morgan fingerprint density at radius 3 is 2.25 bits per heavy atom. The van der Waals surface area contributed by atoms with E-state index < -0.39 is 11.7 Å². The van der Waals surface area contributed by atoms with Crippen LogP contribution in [-0.2, 0) is 10.9 Å². The van der Waals surface area contributed by atoms with Gasteiger partial charge in [-0.1, -0.05) is 26.0 Å². The van der Waals surface area contributed by atoms with Crippen LogP contribution in [0.25, 0.3) is 11.3 Å². The highest BCUT2D eigenvalue weighted by Crippen LogP contribution is 2.29. The zero-order valence-corrected chi connectivity index (χ0v) is 18.0. The highest BCUT2D eigenvalue weighted by molar-refractivity contribution is 5.89. The summed E-state index contributed by atoms with van der Waals surface area (Å²) in [4.78, 5) is 11.7. The first-order chi connectivity index (χ1) is 15.2. The third kappa shape index (κ3) is 5.78. The lowest BCUT2D eigenvalue weighted by atomic mass is 9.96. The zero-order chi connectivity index (χ0) is 23.3. The Morgan fingerprint density at radius 1 is 1.09 bits per heavy atom. The summed E-state index contributed by atoms with van der Waals surface area (Å²) in [6.07, 6.45) is 0.0556. The molecule has 0 amide bonds. The van der Waals surface area contributed by atoms with Gasteiger partial charge in [-0.2, -0.15) is 18.3 Å². The molecular weight excluding hydrogens is 419 g/mol. The molecule has 0 saturated heterocycles. The predicted octanol–water partition coefficient (Wildman–Crippen LogP) is 6.18. The largest absolute Gasteiger partial charge is 0.465 e. The Morgan fingerprint density at radius 2 is 1.72 bits per heavy atom. The van der Waals surface area contributed by atoms with Gasteiger partial charge in [-0.3, -0.25) is 0 Å². The van der Waals surface area contributed by atoms with Crippen molar-refractivity contribution in [2.45, 2.75) is 26.4 Å². The number of esters is 1. The molecule has 0 aliphatic carbocycles. The van der Waals surface area contributed by atoms with Crippen LogP contribution in [0.15, 0.2) is 67.1 Å². The van der Waals surface area contributed by atoms with Gasteiger partial charge in [0.1, 0.15) is 0 Å². The maximum atomic E-state index is 12.8. The molecule has 0 atom stereocenters. The molecule has 168 valence electrons. The fraction of sp³-hybridized carbons (Fsp3) is 0.250. The number of anilines is 1. The van der Waals surface area contributed by atoms with Crippen LogP contribution in [0.3, 0.4) is 0 Å². The molecule has 3 aromatic rings. The van der Waals surface area contributed by atoms with Crippen LogP contribution >= 0.6 is 0 Å². The van der Waals surface area contributed by atoms with Crippen molar-refractivity contribution in [1.29, 1.82) is 0 Å². The first-order valence-corrected chi connectivity index (χ1v) is 10.0. The number of nitrogens with one attached hydrogen (secondary N) is 1. The van der Waals surface area contributed by atoms with Crippen molar-refractivity contribution in [3.8, 4) is 5.69 Å². The molecule has 5 nitrogen and oxygen atoms in total. The van der Waals surface area contributed by atoms with E-state index in [1.807, 2.05) is 18.3 Å². The van der Waals surface area contributed by atoms with Gasteiger partial charge in [-0.15, -0.1) is 0 Å². The van der Waals surface area contributed by atoms with Gasteiger partial charge in [0.15, 0.2) is 0 Å². The number of allylic oxidation sites excluding steroid dienone is 1. The fourth-order valence-corrected chi connectivity index (χ4v) is 3.13. The number of benzene rings is 2. The van der Waals surface area contributed by atoms with Gasteiger partial charge in [0.2, 0.25) is 0 Å². The molecule has 32 heavy (non-hydrogen) atoms. The zero-order valence-electron chi connectivity index (χ0n) is 18.0. The maximum Gasteiger partial charge on any atom is 0.419 e. The van der Waals surface area contributed by atoms with Crippen molar-refractivity contribution >= 4 is 17.2 Å². The third-order valence-corrected chi connectivity index (χ3v) is 4.76. The lowest BCUT2D eigenvalue weighted by Gasteiger charge is -2.13. The van der Waals surface area contributed by atoms with Crippen LogP contribution in [0.2, 0.25) is 0 Å². The van der Waals surface area contributed by atoms with Crippen LogP contribution in [0.1, 0.15) is 41.8 Å². The predicted molar refractivity (Wildman–Crippen MR) is 117 cm³/mol. The average Bonchev–Trinajstić information content (AvgIpc) is 3.27. The van der Waals surface area contributed by atoms with E-state index in [2.05, 4.69) is 24.3 Å². The van der Waals surface area contributed by atoms with Gasteiger partial charge in [0.05, 0.1) is 30.1 Å². The lowest BCUT2D eigenvalue weighted by Crippen LogP contribution is -2.03. The van der Waals surface area contributed by atoms with Crippen molar-refractivity contribution < 1.29 is 22.7 Å². The summed E-state index contributed by atoms with van der Waals surface area (Å²) in [6.45, 7) is 4.23. The van der Waals surface area contributed by atoms with Crippen LogP contribution in [0.4, 0.5) is 18.9 Å². The molecule has 0 aliphatic heterocycles. The molecule has 0 spiro atoms. The Labute approximate surface area is 184 Å². The van der Waals surface area contributed by atoms with Gasteiger partial charge in [-0.05, 0) is 59.9 Å². The number of ether oxygens (including phenoxy) is 1. The second-order valence-corrected chi connectivity index (χ2v) is 7.70. The summed E-state index contributed by atoms with van der Waals surface area (Å²) in [5.74, 6) is 0.0250. The van der Waals surface area contributed by atoms with Crippen LogP contribution in [0, 0.1) is 5.92 Å². The molecule has 8 heteroatoms. The highest BCUT2D eigenvalue weighted by Gasteiger charge is 2.32. The molecule has 0 fully saturated rings. The Balaban J connectivity index is 1.76. The number of methoxy groups -OCH3 is 1. The fourth-order valence-electron chi connectivity index (χ4n) is 3.13. The molecule has 3 rings (SSSR count). The SMILES string of the molecule is COC(=O)c1ccc(/C(=C\Nc2ccc(-n3cc(C(F)(F)F)cn3)cc2)CC(C)C)cc1. The Kier molecular flexibility index (Phi) is 7.02. The highest BCUT2D eigenvalue weighted by atomic mass is 19.4. The van der Waals surface area contributed by atoms with Crippen LogP contribution in [-0.4, -0.2) is 22.9 Å². The summed E-state index contributed by atoms with van der Waals surface area (Å²) in [5.41, 5.74) is 3.03. The summed E-state index contributed by atoms with van der Waals surface area (Å²) in [6, 6.07) is 14.1. The molecule has 1 N–H and O–H groups in total. The van der Waals surface area contributed by atoms with E-state index in [1.165, 1.54) is 11.8 Å². The van der Waals surface area contributed by atoms with E-state index in [0.29, 0.717) is 17.2 Å². The average molecular weight is 443 g/mol. The maximum absolute atomic E-state index is 12.8. The molecule has 1 heterocycles. The second-order valence-electron chi connectivity index (χ2n) is 7.70. The van der Waals surface area contributed by atoms with Crippen LogP contribution in [0.5, 0.6) is 0 Å². The normalized spacial score (nSPS) is 12.2. The minimum atomic E-state index is -4.42. The number of nitrogens with zero attached hydrogens (tertiary/aromatic N) is 2. The minimum Gasteiger partial charge on any atom is -0.465 e. The number of alkyl halides is 3. The van der Waals surface area contributed by atoms with Crippen LogP contribution < -0.4 is 5.32 Å². The first kappa shape index (κ1) is 23.1.